The van der Waals surface area contributed by atoms with Gasteiger partial charge in [-0.1, -0.05) is 6.92 Å². The van der Waals surface area contributed by atoms with Crippen molar-refractivity contribution in [1.82, 2.24) is 10.2 Å². The third-order valence-electron chi connectivity index (χ3n) is 4.91. The Morgan fingerprint density at radius 2 is 2.11 bits per heavy atom. The molecule has 1 saturated carbocycles. The van der Waals surface area contributed by atoms with Crippen molar-refractivity contribution in [2.45, 2.75) is 64.0 Å². The van der Waals surface area contributed by atoms with Gasteiger partial charge in [0.05, 0.1) is 12.1 Å². The van der Waals surface area contributed by atoms with E-state index in [0.717, 1.165) is 19.5 Å². The van der Waals surface area contributed by atoms with Gasteiger partial charge in [0.1, 0.15) is 0 Å². The van der Waals surface area contributed by atoms with Crippen LogP contribution >= 0.6 is 0 Å². The molecule has 0 bridgehead atoms. The van der Waals surface area contributed by atoms with Gasteiger partial charge in [0, 0.05) is 12.1 Å². The second-order valence-electron chi connectivity index (χ2n) is 6.85. The standard InChI is InChI=1S/C15H30N2O/c1-4-9-16-15(12-18,13-6-7-13)11-17-10-5-8-14(17,2)3/h13,16,18H,4-12H2,1-3H3. The van der Waals surface area contributed by atoms with Gasteiger partial charge in [0.2, 0.25) is 0 Å². The van der Waals surface area contributed by atoms with E-state index in [9.17, 15) is 5.11 Å². The molecule has 0 aromatic carbocycles. The summed E-state index contributed by atoms with van der Waals surface area (Å²) in [5.41, 5.74) is 0.265. The zero-order valence-electron chi connectivity index (χ0n) is 12.3. The van der Waals surface area contributed by atoms with Gasteiger partial charge in [-0.25, -0.2) is 0 Å². The van der Waals surface area contributed by atoms with Crippen LogP contribution in [0.1, 0.15) is 52.9 Å². The van der Waals surface area contributed by atoms with Gasteiger partial charge < -0.3 is 10.4 Å². The van der Waals surface area contributed by atoms with Crippen molar-refractivity contribution in [3.05, 3.63) is 0 Å². The average Bonchev–Trinajstić information content (AvgIpc) is 3.12. The van der Waals surface area contributed by atoms with Gasteiger partial charge in [-0.05, 0) is 65.0 Å². The summed E-state index contributed by atoms with van der Waals surface area (Å²) in [5, 5.41) is 13.6. The summed E-state index contributed by atoms with van der Waals surface area (Å²) in [4.78, 5) is 2.59. The molecule has 18 heavy (non-hydrogen) atoms. The Morgan fingerprint density at radius 1 is 1.39 bits per heavy atom. The predicted octanol–water partition coefficient (Wildman–Crippen LogP) is 2.00. The van der Waals surface area contributed by atoms with Gasteiger partial charge in [0.15, 0.2) is 0 Å². The fourth-order valence-electron chi connectivity index (χ4n) is 3.37. The minimum atomic E-state index is -0.0440. The van der Waals surface area contributed by atoms with Crippen LogP contribution in [0.3, 0.4) is 0 Å². The molecule has 2 fully saturated rings. The highest BCUT2D eigenvalue weighted by Gasteiger charge is 2.47. The Labute approximate surface area is 112 Å². The summed E-state index contributed by atoms with van der Waals surface area (Å²) in [7, 11) is 0. The van der Waals surface area contributed by atoms with E-state index >= 15 is 0 Å². The van der Waals surface area contributed by atoms with Crippen molar-refractivity contribution in [3.63, 3.8) is 0 Å². The van der Waals surface area contributed by atoms with E-state index in [1.807, 2.05) is 0 Å². The van der Waals surface area contributed by atoms with Crippen molar-refractivity contribution in [1.29, 1.82) is 0 Å². The molecule has 0 aromatic heterocycles. The first-order chi connectivity index (χ1) is 8.54. The van der Waals surface area contributed by atoms with Crippen LogP contribution in [0.15, 0.2) is 0 Å². The maximum Gasteiger partial charge on any atom is 0.0628 e. The zero-order valence-corrected chi connectivity index (χ0v) is 12.3. The molecule has 0 amide bonds. The molecule has 1 unspecified atom stereocenters. The second kappa shape index (κ2) is 5.48. The van der Waals surface area contributed by atoms with Crippen LogP contribution in [0, 0.1) is 5.92 Å². The molecule has 0 spiro atoms. The van der Waals surface area contributed by atoms with E-state index in [2.05, 4.69) is 31.0 Å². The number of nitrogens with one attached hydrogen (secondary N) is 1. The third-order valence-corrected chi connectivity index (χ3v) is 4.91. The number of nitrogens with zero attached hydrogens (tertiary/aromatic N) is 1. The Morgan fingerprint density at radius 3 is 2.56 bits per heavy atom. The van der Waals surface area contributed by atoms with Crippen molar-refractivity contribution in [2.75, 3.05) is 26.2 Å². The lowest BCUT2D eigenvalue weighted by Gasteiger charge is -2.42. The Bertz CT molecular complexity index is 276. The van der Waals surface area contributed by atoms with Crippen molar-refractivity contribution >= 4 is 0 Å². The summed E-state index contributed by atoms with van der Waals surface area (Å²) in [6, 6.07) is 0. The van der Waals surface area contributed by atoms with Crippen LogP contribution < -0.4 is 5.32 Å². The van der Waals surface area contributed by atoms with Crippen LogP contribution in [0.5, 0.6) is 0 Å². The molecule has 1 aliphatic carbocycles. The minimum absolute atomic E-state index is 0.0440. The molecule has 1 saturated heterocycles. The maximum atomic E-state index is 9.95. The van der Waals surface area contributed by atoms with E-state index in [4.69, 9.17) is 0 Å². The van der Waals surface area contributed by atoms with Crippen LogP contribution in [-0.4, -0.2) is 47.3 Å². The predicted molar refractivity (Wildman–Crippen MR) is 75.7 cm³/mol. The molecular weight excluding hydrogens is 224 g/mol. The molecule has 2 aliphatic rings. The molecular formula is C15H30N2O. The van der Waals surface area contributed by atoms with Crippen molar-refractivity contribution < 1.29 is 5.11 Å². The maximum absolute atomic E-state index is 9.95. The highest BCUT2D eigenvalue weighted by Crippen LogP contribution is 2.42. The van der Waals surface area contributed by atoms with E-state index < -0.39 is 0 Å². The van der Waals surface area contributed by atoms with Gasteiger partial charge in [0.25, 0.3) is 0 Å². The minimum Gasteiger partial charge on any atom is -0.394 e. The molecule has 1 aliphatic heterocycles. The number of hydrogen-bond donors (Lipinski definition) is 2. The van der Waals surface area contributed by atoms with E-state index in [-0.39, 0.29) is 12.1 Å². The molecule has 1 atom stereocenters. The van der Waals surface area contributed by atoms with Gasteiger partial charge in [-0.3, -0.25) is 4.90 Å². The van der Waals surface area contributed by atoms with E-state index in [0.29, 0.717) is 11.5 Å². The molecule has 1 heterocycles. The first-order valence-corrected chi connectivity index (χ1v) is 7.65. The SMILES string of the molecule is CCCNC(CO)(CN1CCCC1(C)C)C1CC1. The van der Waals surface area contributed by atoms with Gasteiger partial charge in [-0.15, -0.1) is 0 Å². The summed E-state index contributed by atoms with van der Waals surface area (Å²) >= 11 is 0. The van der Waals surface area contributed by atoms with E-state index in [1.54, 1.807) is 0 Å². The van der Waals surface area contributed by atoms with Crippen LogP contribution in [0.4, 0.5) is 0 Å². The number of aliphatic hydroxyl groups is 1. The lowest BCUT2D eigenvalue weighted by molar-refractivity contribution is 0.0626. The average molecular weight is 254 g/mol. The van der Waals surface area contributed by atoms with Gasteiger partial charge >= 0.3 is 0 Å². The van der Waals surface area contributed by atoms with Crippen molar-refractivity contribution in [2.24, 2.45) is 5.92 Å². The molecule has 106 valence electrons. The first kappa shape index (κ1) is 14.3. The van der Waals surface area contributed by atoms with Crippen molar-refractivity contribution in [3.8, 4) is 0 Å². The largest absolute Gasteiger partial charge is 0.394 e. The highest BCUT2D eigenvalue weighted by molar-refractivity contribution is 5.05. The summed E-state index contributed by atoms with van der Waals surface area (Å²) in [6.45, 7) is 10.4. The molecule has 0 aromatic rings. The van der Waals surface area contributed by atoms with E-state index in [1.165, 1.54) is 32.2 Å². The molecule has 3 nitrogen and oxygen atoms in total. The number of aliphatic hydroxyl groups excluding tert-OH is 1. The topological polar surface area (TPSA) is 35.5 Å². The van der Waals surface area contributed by atoms with Crippen LogP contribution in [-0.2, 0) is 0 Å². The zero-order chi connectivity index (χ0) is 13.2. The quantitative estimate of drug-likeness (QED) is 0.729. The fraction of sp³-hybridized carbons (Fsp3) is 1.00. The summed E-state index contributed by atoms with van der Waals surface area (Å²) in [5.74, 6) is 0.686. The smallest absolute Gasteiger partial charge is 0.0628 e. The number of likely N-dealkylation sites (tertiary alicyclic amines) is 1. The molecule has 0 radical (unpaired) electrons. The van der Waals surface area contributed by atoms with Crippen LogP contribution in [0.25, 0.3) is 0 Å². The lowest BCUT2D eigenvalue weighted by Crippen LogP contribution is -2.60. The monoisotopic (exact) mass is 254 g/mol. The Hall–Kier alpha value is -0.120. The molecule has 2 N–H and O–H groups in total. The van der Waals surface area contributed by atoms with Gasteiger partial charge in [-0.2, -0.15) is 0 Å². The number of hydrogen-bond acceptors (Lipinski definition) is 3. The normalized spacial score (nSPS) is 27.3. The third kappa shape index (κ3) is 2.89. The molecule has 3 heteroatoms. The second-order valence-corrected chi connectivity index (χ2v) is 6.85. The summed E-state index contributed by atoms with van der Waals surface area (Å²) < 4.78 is 0. The Kier molecular flexibility index (Phi) is 4.35. The fourth-order valence-corrected chi connectivity index (χ4v) is 3.37. The highest BCUT2D eigenvalue weighted by atomic mass is 16.3. The first-order valence-electron chi connectivity index (χ1n) is 7.65. The lowest BCUT2D eigenvalue weighted by atomic mass is 9.91. The number of rotatable bonds is 7. The summed E-state index contributed by atoms with van der Waals surface area (Å²) in [6.07, 6.45) is 6.29. The van der Waals surface area contributed by atoms with Crippen LogP contribution in [0.2, 0.25) is 0 Å². The Balaban J connectivity index is 2.04. The molecule has 2 rings (SSSR count).